The Bertz CT molecular complexity index is 597. The van der Waals surface area contributed by atoms with Crippen LogP contribution in [0.2, 0.25) is 0 Å². The third-order valence-corrected chi connectivity index (χ3v) is 3.13. The highest BCUT2D eigenvalue weighted by Crippen LogP contribution is 2.25. The van der Waals surface area contributed by atoms with Crippen molar-refractivity contribution in [1.29, 1.82) is 0 Å². The molecule has 0 saturated heterocycles. The van der Waals surface area contributed by atoms with Crippen molar-refractivity contribution in [3.05, 3.63) is 28.8 Å². The standard InChI is InChI=1S/C11H13BrN6O/c1-2-3-14-10-8(12)11(16-6-15-10)18-5-7(4-17-18)9(13)19/h4-6H,2-3H2,1H3,(H2,13,19)(H,14,15,16). The summed E-state index contributed by atoms with van der Waals surface area (Å²) in [5.41, 5.74) is 5.52. The number of hydrogen-bond donors (Lipinski definition) is 2. The number of aromatic nitrogens is 4. The molecule has 0 aliphatic rings. The van der Waals surface area contributed by atoms with Gasteiger partial charge in [-0.05, 0) is 22.4 Å². The van der Waals surface area contributed by atoms with Crippen molar-refractivity contribution in [3.63, 3.8) is 0 Å². The Hall–Kier alpha value is -1.96. The minimum Gasteiger partial charge on any atom is -0.369 e. The SMILES string of the molecule is CCCNc1ncnc(-n2cc(C(N)=O)cn2)c1Br. The smallest absolute Gasteiger partial charge is 0.251 e. The Morgan fingerprint density at radius 2 is 2.32 bits per heavy atom. The van der Waals surface area contributed by atoms with Gasteiger partial charge in [0.05, 0.1) is 11.8 Å². The topological polar surface area (TPSA) is 98.7 Å². The highest BCUT2D eigenvalue weighted by molar-refractivity contribution is 9.10. The summed E-state index contributed by atoms with van der Waals surface area (Å²) in [7, 11) is 0. The number of halogens is 1. The van der Waals surface area contributed by atoms with E-state index < -0.39 is 5.91 Å². The van der Waals surface area contributed by atoms with E-state index in [0.29, 0.717) is 21.7 Å². The maximum Gasteiger partial charge on any atom is 0.251 e. The highest BCUT2D eigenvalue weighted by Gasteiger charge is 2.12. The van der Waals surface area contributed by atoms with Crippen molar-refractivity contribution in [2.45, 2.75) is 13.3 Å². The van der Waals surface area contributed by atoms with Gasteiger partial charge in [0, 0.05) is 12.7 Å². The van der Waals surface area contributed by atoms with Gasteiger partial charge in [-0.3, -0.25) is 4.79 Å². The van der Waals surface area contributed by atoms with Crippen LogP contribution in [0.1, 0.15) is 23.7 Å². The molecule has 19 heavy (non-hydrogen) atoms. The molecular formula is C11H13BrN6O. The number of primary amides is 1. The summed E-state index contributed by atoms with van der Waals surface area (Å²) < 4.78 is 2.16. The zero-order chi connectivity index (χ0) is 13.8. The monoisotopic (exact) mass is 324 g/mol. The molecule has 2 rings (SSSR count). The van der Waals surface area contributed by atoms with Gasteiger partial charge in [0.1, 0.15) is 16.6 Å². The third-order valence-electron chi connectivity index (χ3n) is 2.40. The Labute approximate surface area is 118 Å². The quantitative estimate of drug-likeness (QED) is 0.864. The first-order valence-corrected chi connectivity index (χ1v) is 6.52. The number of anilines is 1. The van der Waals surface area contributed by atoms with Crippen LogP contribution in [0.25, 0.3) is 5.82 Å². The molecule has 0 aliphatic heterocycles. The molecule has 0 saturated carbocycles. The van der Waals surface area contributed by atoms with Crippen molar-refractivity contribution in [1.82, 2.24) is 19.7 Å². The van der Waals surface area contributed by atoms with E-state index in [1.54, 1.807) is 0 Å². The second-order valence-corrected chi connectivity index (χ2v) is 4.62. The Morgan fingerprint density at radius 3 is 2.95 bits per heavy atom. The number of nitrogens with zero attached hydrogens (tertiary/aromatic N) is 4. The summed E-state index contributed by atoms with van der Waals surface area (Å²) in [4.78, 5) is 19.3. The number of hydrogen-bond acceptors (Lipinski definition) is 5. The van der Waals surface area contributed by atoms with Crippen LogP contribution in [-0.4, -0.2) is 32.2 Å². The third kappa shape index (κ3) is 2.90. The normalized spacial score (nSPS) is 10.4. The van der Waals surface area contributed by atoms with Crippen LogP contribution in [0.15, 0.2) is 23.2 Å². The van der Waals surface area contributed by atoms with Crippen molar-refractivity contribution in [3.8, 4) is 5.82 Å². The highest BCUT2D eigenvalue weighted by atomic mass is 79.9. The second-order valence-electron chi connectivity index (χ2n) is 3.82. The fourth-order valence-electron chi connectivity index (χ4n) is 1.45. The van der Waals surface area contributed by atoms with Gasteiger partial charge < -0.3 is 11.1 Å². The minimum absolute atomic E-state index is 0.327. The molecule has 100 valence electrons. The van der Waals surface area contributed by atoms with Crippen molar-refractivity contribution in [2.75, 3.05) is 11.9 Å². The molecular weight excluding hydrogens is 312 g/mol. The summed E-state index contributed by atoms with van der Waals surface area (Å²) in [6.07, 6.45) is 5.35. The van der Waals surface area contributed by atoms with Crippen molar-refractivity contribution in [2.24, 2.45) is 5.73 Å². The van der Waals surface area contributed by atoms with Crippen LogP contribution in [0.5, 0.6) is 0 Å². The maximum atomic E-state index is 11.1. The molecule has 1 amide bonds. The Kier molecular flexibility index (Phi) is 4.10. The van der Waals surface area contributed by atoms with Gasteiger partial charge in [0.2, 0.25) is 0 Å². The van der Waals surface area contributed by atoms with E-state index in [1.165, 1.54) is 23.4 Å². The van der Waals surface area contributed by atoms with Crippen LogP contribution in [0.4, 0.5) is 5.82 Å². The lowest BCUT2D eigenvalue weighted by Crippen LogP contribution is -2.10. The average Bonchev–Trinajstić information content (AvgIpc) is 2.87. The Balaban J connectivity index is 2.35. The van der Waals surface area contributed by atoms with Crippen LogP contribution in [0.3, 0.4) is 0 Å². The van der Waals surface area contributed by atoms with Crippen molar-refractivity contribution < 1.29 is 4.79 Å². The van der Waals surface area contributed by atoms with E-state index >= 15 is 0 Å². The molecule has 2 aromatic rings. The fraction of sp³-hybridized carbons (Fsp3) is 0.273. The average molecular weight is 325 g/mol. The second kappa shape index (κ2) is 5.79. The zero-order valence-electron chi connectivity index (χ0n) is 10.3. The number of nitrogens with one attached hydrogen (secondary N) is 1. The van der Waals surface area contributed by atoms with Crippen molar-refractivity contribution >= 4 is 27.7 Å². The van der Waals surface area contributed by atoms with E-state index in [9.17, 15) is 4.79 Å². The molecule has 0 spiro atoms. The first kappa shape index (κ1) is 13.5. The van der Waals surface area contributed by atoms with E-state index in [4.69, 9.17) is 5.73 Å². The molecule has 0 radical (unpaired) electrons. The molecule has 2 heterocycles. The van der Waals surface area contributed by atoms with Crippen LogP contribution in [0, 0.1) is 0 Å². The van der Waals surface area contributed by atoms with Crippen LogP contribution >= 0.6 is 15.9 Å². The first-order valence-electron chi connectivity index (χ1n) is 5.72. The van der Waals surface area contributed by atoms with Gasteiger partial charge in [-0.1, -0.05) is 6.92 Å². The van der Waals surface area contributed by atoms with E-state index in [1.807, 2.05) is 0 Å². The Morgan fingerprint density at radius 1 is 1.53 bits per heavy atom. The van der Waals surface area contributed by atoms with Gasteiger partial charge in [-0.15, -0.1) is 0 Å². The summed E-state index contributed by atoms with van der Waals surface area (Å²) in [6.45, 7) is 2.87. The molecule has 0 aromatic carbocycles. The minimum atomic E-state index is -0.527. The largest absolute Gasteiger partial charge is 0.369 e. The molecule has 3 N–H and O–H groups in total. The van der Waals surface area contributed by atoms with Gasteiger partial charge in [0.25, 0.3) is 5.91 Å². The molecule has 0 atom stereocenters. The summed E-state index contributed by atoms with van der Waals surface area (Å²) in [6, 6.07) is 0. The van der Waals surface area contributed by atoms with Gasteiger partial charge in [-0.2, -0.15) is 5.10 Å². The van der Waals surface area contributed by atoms with Crippen LogP contribution in [-0.2, 0) is 0 Å². The lowest BCUT2D eigenvalue weighted by atomic mass is 10.3. The number of nitrogens with two attached hydrogens (primary N) is 1. The zero-order valence-corrected chi connectivity index (χ0v) is 11.9. The molecule has 7 nitrogen and oxygen atoms in total. The van der Waals surface area contributed by atoms with Gasteiger partial charge in [0.15, 0.2) is 5.82 Å². The molecule has 0 unspecified atom stereocenters. The number of rotatable bonds is 5. The lowest BCUT2D eigenvalue weighted by Gasteiger charge is -2.09. The molecule has 8 heteroatoms. The number of carbonyl (C=O) groups excluding carboxylic acids is 1. The molecule has 0 aliphatic carbocycles. The first-order chi connectivity index (χ1) is 9.13. The van der Waals surface area contributed by atoms with Crippen LogP contribution < -0.4 is 11.1 Å². The summed E-state index contributed by atoms with van der Waals surface area (Å²) in [5.74, 6) is 0.699. The van der Waals surface area contributed by atoms with E-state index in [0.717, 1.165) is 13.0 Å². The molecule has 0 fully saturated rings. The predicted molar refractivity (Wildman–Crippen MR) is 74.2 cm³/mol. The van der Waals surface area contributed by atoms with E-state index in [2.05, 4.69) is 43.2 Å². The fourth-order valence-corrected chi connectivity index (χ4v) is 1.98. The number of carbonyl (C=O) groups is 1. The molecule has 0 bridgehead atoms. The number of amides is 1. The molecule has 2 aromatic heterocycles. The lowest BCUT2D eigenvalue weighted by molar-refractivity contribution is 0.100. The van der Waals surface area contributed by atoms with Gasteiger partial charge >= 0.3 is 0 Å². The van der Waals surface area contributed by atoms with E-state index in [-0.39, 0.29) is 0 Å². The maximum absolute atomic E-state index is 11.1. The summed E-state index contributed by atoms with van der Waals surface area (Å²) in [5, 5.41) is 7.23. The summed E-state index contributed by atoms with van der Waals surface area (Å²) >= 11 is 3.43. The predicted octanol–water partition coefficient (Wildman–Crippen LogP) is 1.35. The van der Waals surface area contributed by atoms with Gasteiger partial charge in [-0.25, -0.2) is 14.6 Å².